The van der Waals surface area contributed by atoms with Crippen LogP contribution in [-0.2, 0) is 11.2 Å². The lowest BCUT2D eigenvalue weighted by atomic mass is 10.1. The lowest BCUT2D eigenvalue weighted by Gasteiger charge is -2.15. The summed E-state index contributed by atoms with van der Waals surface area (Å²) in [6, 6.07) is 8.14. The third-order valence-electron chi connectivity index (χ3n) is 3.77. The second kappa shape index (κ2) is 5.79. The van der Waals surface area contributed by atoms with E-state index in [9.17, 15) is 18.4 Å². The summed E-state index contributed by atoms with van der Waals surface area (Å²) in [6.07, 6.45) is 0.290. The van der Waals surface area contributed by atoms with Gasteiger partial charge in [-0.3, -0.25) is 9.59 Å². The molecule has 2 amide bonds. The van der Waals surface area contributed by atoms with Crippen molar-refractivity contribution < 1.29 is 18.4 Å². The van der Waals surface area contributed by atoms with Crippen molar-refractivity contribution in [3.8, 4) is 0 Å². The van der Waals surface area contributed by atoms with Gasteiger partial charge in [-0.05, 0) is 48.9 Å². The molecular weight excluding hydrogens is 302 g/mol. The quantitative estimate of drug-likeness (QED) is 0.946. The van der Waals surface area contributed by atoms with Gasteiger partial charge in [0.15, 0.2) is 11.6 Å². The predicted molar refractivity (Wildman–Crippen MR) is 82.5 cm³/mol. The van der Waals surface area contributed by atoms with Crippen molar-refractivity contribution in [3.63, 3.8) is 0 Å². The van der Waals surface area contributed by atoms with Gasteiger partial charge in [-0.2, -0.15) is 0 Å². The third kappa shape index (κ3) is 2.79. The van der Waals surface area contributed by atoms with Gasteiger partial charge >= 0.3 is 0 Å². The number of nitrogens with one attached hydrogen (secondary N) is 1. The highest BCUT2D eigenvalue weighted by molar-refractivity contribution is 6.05. The Bertz CT molecular complexity index is 805. The highest BCUT2D eigenvalue weighted by Crippen LogP contribution is 2.31. The number of carbonyl (C=O) groups is 2. The fourth-order valence-corrected chi connectivity index (χ4v) is 2.65. The monoisotopic (exact) mass is 316 g/mol. The first-order chi connectivity index (χ1) is 11.0. The van der Waals surface area contributed by atoms with Crippen LogP contribution in [0.5, 0.6) is 0 Å². The first kappa shape index (κ1) is 15.1. The largest absolute Gasteiger partial charge is 0.322 e. The van der Waals surface area contributed by atoms with E-state index >= 15 is 0 Å². The van der Waals surface area contributed by atoms with E-state index in [4.69, 9.17) is 0 Å². The summed E-state index contributed by atoms with van der Waals surface area (Å²) in [5.41, 5.74) is 2.20. The molecule has 2 aromatic rings. The van der Waals surface area contributed by atoms with E-state index < -0.39 is 17.5 Å². The second-order valence-corrected chi connectivity index (χ2v) is 5.24. The molecule has 3 rings (SSSR count). The average molecular weight is 316 g/mol. The molecule has 0 aromatic heterocycles. The number of halogens is 2. The first-order valence-electron chi connectivity index (χ1n) is 7.19. The van der Waals surface area contributed by atoms with Gasteiger partial charge in [-0.25, -0.2) is 8.78 Å². The van der Waals surface area contributed by atoms with Gasteiger partial charge < -0.3 is 10.2 Å². The molecule has 0 radical (unpaired) electrons. The zero-order chi connectivity index (χ0) is 16.6. The highest BCUT2D eigenvalue weighted by atomic mass is 19.2. The number of rotatable bonds is 3. The number of hydrogen-bond acceptors (Lipinski definition) is 2. The number of fused-ring (bicyclic) bond motifs is 1. The maximum Gasteiger partial charge on any atom is 0.255 e. The zero-order valence-corrected chi connectivity index (χ0v) is 12.4. The van der Waals surface area contributed by atoms with E-state index in [0.717, 1.165) is 23.4 Å². The van der Waals surface area contributed by atoms with Crippen LogP contribution in [0, 0.1) is 11.6 Å². The molecule has 1 N–H and O–H groups in total. The molecule has 0 aliphatic carbocycles. The van der Waals surface area contributed by atoms with Gasteiger partial charge in [0.1, 0.15) is 0 Å². The normalized spacial score (nSPS) is 13.2. The topological polar surface area (TPSA) is 49.4 Å². The maximum absolute atomic E-state index is 13.2. The molecule has 0 fully saturated rings. The summed E-state index contributed by atoms with van der Waals surface area (Å²) in [6.45, 7) is 2.48. The Hall–Kier alpha value is -2.76. The number of hydrogen-bond donors (Lipinski definition) is 1. The van der Waals surface area contributed by atoms with Crippen molar-refractivity contribution in [1.82, 2.24) is 0 Å². The first-order valence-corrected chi connectivity index (χ1v) is 7.19. The molecule has 0 atom stereocenters. The maximum atomic E-state index is 13.2. The number of amides is 2. The Balaban J connectivity index is 1.81. The molecular formula is C17H14F2N2O2. The number of carbonyl (C=O) groups excluding carboxylic acids is 2. The molecule has 1 aliphatic heterocycles. The second-order valence-electron chi connectivity index (χ2n) is 5.24. The van der Waals surface area contributed by atoms with Crippen LogP contribution in [0.15, 0.2) is 36.4 Å². The van der Waals surface area contributed by atoms with E-state index in [1.54, 1.807) is 23.1 Å². The zero-order valence-electron chi connectivity index (χ0n) is 12.4. The summed E-state index contributed by atoms with van der Waals surface area (Å²) in [5, 5.41) is 2.62. The van der Waals surface area contributed by atoms with Crippen molar-refractivity contribution in [2.75, 3.05) is 16.8 Å². The van der Waals surface area contributed by atoms with Crippen molar-refractivity contribution in [2.24, 2.45) is 0 Å². The minimum Gasteiger partial charge on any atom is -0.322 e. The van der Waals surface area contributed by atoms with Crippen molar-refractivity contribution in [3.05, 3.63) is 59.2 Å². The Kier molecular flexibility index (Phi) is 3.82. The van der Waals surface area contributed by atoms with Gasteiger partial charge in [-0.15, -0.1) is 0 Å². The number of likely N-dealkylation sites (N-methyl/N-ethyl adjacent to an activating group) is 1. The van der Waals surface area contributed by atoms with Crippen molar-refractivity contribution >= 4 is 23.2 Å². The molecule has 1 heterocycles. The molecule has 0 spiro atoms. The van der Waals surface area contributed by atoms with Crippen LogP contribution in [0.2, 0.25) is 0 Å². The van der Waals surface area contributed by atoms with E-state index in [2.05, 4.69) is 5.32 Å². The Morgan fingerprint density at radius 1 is 1.17 bits per heavy atom. The van der Waals surface area contributed by atoms with Crippen LogP contribution in [0.25, 0.3) is 0 Å². The van der Waals surface area contributed by atoms with Crippen LogP contribution >= 0.6 is 0 Å². The summed E-state index contributed by atoms with van der Waals surface area (Å²) in [7, 11) is 0. The minimum atomic E-state index is -1.07. The van der Waals surface area contributed by atoms with E-state index in [1.165, 1.54) is 6.07 Å². The molecule has 118 valence electrons. The fraction of sp³-hybridized carbons (Fsp3) is 0.176. The average Bonchev–Trinajstić information content (AvgIpc) is 2.84. The molecule has 0 saturated heterocycles. The molecule has 2 aromatic carbocycles. The predicted octanol–water partition coefficient (Wildman–Crippen LogP) is 3.13. The molecule has 0 bridgehead atoms. The Morgan fingerprint density at radius 3 is 2.65 bits per heavy atom. The number of nitrogens with zero attached hydrogens (tertiary/aromatic N) is 1. The summed E-state index contributed by atoms with van der Waals surface area (Å²) >= 11 is 0. The van der Waals surface area contributed by atoms with E-state index in [0.29, 0.717) is 12.2 Å². The highest BCUT2D eigenvalue weighted by Gasteiger charge is 2.26. The molecule has 4 nitrogen and oxygen atoms in total. The van der Waals surface area contributed by atoms with Crippen LogP contribution in [-0.4, -0.2) is 18.4 Å². The van der Waals surface area contributed by atoms with Gasteiger partial charge in [0.05, 0.1) is 6.42 Å². The lowest BCUT2D eigenvalue weighted by Crippen LogP contribution is -2.25. The van der Waals surface area contributed by atoms with Crippen LogP contribution in [0.3, 0.4) is 0 Å². The fourth-order valence-electron chi connectivity index (χ4n) is 2.65. The minimum absolute atomic E-state index is 0.0200. The van der Waals surface area contributed by atoms with E-state index in [-0.39, 0.29) is 17.9 Å². The summed E-state index contributed by atoms with van der Waals surface area (Å²) in [4.78, 5) is 25.6. The Labute approximate surface area is 131 Å². The van der Waals surface area contributed by atoms with Gasteiger partial charge in [0, 0.05) is 23.5 Å². The standard InChI is InChI=1S/C17H14F2N2O2/c1-2-21-15-6-4-12(7-11(15)9-16(21)22)20-17(23)10-3-5-13(18)14(19)8-10/h3-8H,2,9H2,1H3,(H,20,23). The Morgan fingerprint density at radius 2 is 1.96 bits per heavy atom. The van der Waals surface area contributed by atoms with Gasteiger partial charge in [-0.1, -0.05) is 0 Å². The van der Waals surface area contributed by atoms with Gasteiger partial charge in [0.25, 0.3) is 5.91 Å². The smallest absolute Gasteiger partial charge is 0.255 e. The molecule has 0 saturated carbocycles. The van der Waals surface area contributed by atoms with Gasteiger partial charge in [0.2, 0.25) is 5.91 Å². The van der Waals surface area contributed by atoms with Crippen LogP contribution < -0.4 is 10.2 Å². The molecule has 1 aliphatic rings. The number of benzene rings is 2. The summed E-state index contributed by atoms with van der Waals surface area (Å²) in [5.74, 6) is -2.60. The van der Waals surface area contributed by atoms with Crippen molar-refractivity contribution in [1.29, 1.82) is 0 Å². The molecule has 23 heavy (non-hydrogen) atoms. The van der Waals surface area contributed by atoms with Crippen LogP contribution in [0.4, 0.5) is 20.2 Å². The number of anilines is 2. The van der Waals surface area contributed by atoms with E-state index in [1.807, 2.05) is 6.92 Å². The third-order valence-corrected chi connectivity index (χ3v) is 3.77. The molecule has 6 heteroatoms. The van der Waals surface area contributed by atoms with Crippen LogP contribution in [0.1, 0.15) is 22.8 Å². The SMILES string of the molecule is CCN1C(=O)Cc2cc(NC(=O)c3ccc(F)c(F)c3)ccc21. The molecule has 0 unspecified atom stereocenters. The van der Waals surface area contributed by atoms with Crippen molar-refractivity contribution in [2.45, 2.75) is 13.3 Å². The summed E-state index contributed by atoms with van der Waals surface area (Å²) < 4.78 is 26.1. The lowest BCUT2D eigenvalue weighted by molar-refractivity contribution is -0.117.